The molecule has 0 saturated carbocycles. The van der Waals surface area contributed by atoms with Crippen LogP contribution in [-0.4, -0.2) is 44.0 Å². The molecule has 1 saturated heterocycles. The Morgan fingerprint density at radius 3 is 2.80 bits per heavy atom. The largest absolute Gasteiger partial charge is 0.457 e. The molecule has 5 rings (SSSR count). The minimum Gasteiger partial charge on any atom is -0.457 e. The summed E-state index contributed by atoms with van der Waals surface area (Å²) >= 11 is 0. The first kappa shape index (κ1) is 23.2. The Labute approximate surface area is 203 Å². The molecule has 0 radical (unpaired) electrons. The number of ether oxygens (including phenoxy) is 2. The number of pyridine rings is 1. The van der Waals surface area contributed by atoms with Crippen molar-refractivity contribution in [2.75, 3.05) is 31.3 Å². The molecule has 1 atom stereocenters. The lowest BCUT2D eigenvalue weighted by Gasteiger charge is -2.16. The third-order valence-corrected chi connectivity index (χ3v) is 7.35. The van der Waals surface area contributed by atoms with E-state index in [9.17, 15) is 13.2 Å². The molecule has 0 aliphatic carbocycles. The van der Waals surface area contributed by atoms with Gasteiger partial charge < -0.3 is 24.3 Å². The number of sulfone groups is 1. The summed E-state index contributed by atoms with van der Waals surface area (Å²) in [6.45, 7) is 2.40. The van der Waals surface area contributed by atoms with E-state index in [0.29, 0.717) is 39.4 Å². The number of aromatic nitrogens is 2. The molecule has 4 aromatic rings. The van der Waals surface area contributed by atoms with Crippen LogP contribution < -0.4 is 15.6 Å². The van der Waals surface area contributed by atoms with Crippen molar-refractivity contribution in [1.29, 1.82) is 0 Å². The fourth-order valence-corrected chi connectivity index (χ4v) is 4.97. The Hall–Kier alpha value is -3.56. The van der Waals surface area contributed by atoms with Crippen LogP contribution in [0.1, 0.15) is 6.42 Å². The van der Waals surface area contributed by atoms with Crippen LogP contribution in [0, 0.1) is 5.92 Å². The van der Waals surface area contributed by atoms with Gasteiger partial charge in [-0.25, -0.2) is 8.42 Å². The second kappa shape index (κ2) is 9.24. The maximum Gasteiger partial charge on any atom is 0.274 e. The SMILES string of the molecule is Cn1cc(-c2cc(S(C)(=O)=O)ccc2Oc2cccc(NCC3CCOC3)c2)c2cc[nH]c2c1=O. The van der Waals surface area contributed by atoms with Crippen molar-refractivity contribution in [3.63, 3.8) is 0 Å². The smallest absolute Gasteiger partial charge is 0.274 e. The highest BCUT2D eigenvalue weighted by Crippen LogP contribution is 2.38. The molecule has 1 aliphatic rings. The number of benzene rings is 2. The Balaban J connectivity index is 1.54. The van der Waals surface area contributed by atoms with Crippen LogP contribution in [0.15, 0.2) is 70.6 Å². The van der Waals surface area contributed by atoms with E-state index in [1.807, 2.05) is 24.3 Å². The fraction of sp³-hybridized carbons (Fsp3) is 0.269. The van der Waals surface area contributed by atoms with E-state index in [2.05, 4.69) is 10.3 Å². The van der Waals surface area contributed by atoms with Crippen LogP contribution in [0.4, 0.5) is 5.69 Å². The number of aryl methyl sites for hydroxylation is 1. The predicted molar refractivity (Wildman–Crippen MR) is 136 cm³/mol. The number of anilines is 1. The van der Waals surface area contributed by atoms with Crippen LogP contribution in [0.25, 0.3) is 22.0 Å². The lowest BCUT2D eigenvalue weighted by atomic mass is 10.0. The Morgan fingerprint density at radius 2 is 2.03 bits per heavy atom. The minimum atomic E-state index is -3.46. The van der Waals surface area contributed by atoms with Gasteiger partial charge in [0.1, 0.15) is 17.0 Å². The molecule has 0 bridgehead atoms. The van der Waals surface area contributed by atoms with Gasteiger partial charge in [-0.2, -0.15) is 0 Å². The first-order chi connectivity index (χ1) is 16.8. The van der Waals surface area contributed by atoms with Gasteiger partial charge in [-0.05, 0) is 42.8 Å². The average Bonchev–Trinajstić information content (AvgIpc) is 3.53. The summed E-state index contributed by atoms with van der Waals surface area (Å²) in [4.78, 5) is 15.7. The molecule has 8 nitrogen and oxygen atoms in total. The van der Waals surface area contributed by atoms with Crippen LogP contribution in [0.3, 0.4) is 0 Å². The van der Waals surface area contributed by atoms with Crippen molar-refractivity contribution in [1.82, 2.24) is 9.55 Å². The molecule has 1 aliphatic heterocycles. The average molecular weight is 494 g/mol. The van der Waals surface area contributed by atoms with E-state index in [1.54, 1.807) is 37.6 Å². The molecule has 9 heteroatoms. The standard InChI is InChI=1S/C26H27N3O5S/c1-29-15-23(21-8-10-27-25(21)26(29)30)22-13-20(35(2,31)32)6-7-24(22)34-19-5-3-4-18(12-19)28-14-17-9-11-33-16-17/h3-8,10,12-13,15,17,27-28H,9,11,14,16H2,1-2H3. The lowest BCUT2D eigenvalue weighted by Crippen LogP contribution is -2.16. The third-order valence-electron chi connectivity index (χ3n) is 6.24. The minimum absolute atomic E-state index is 0.165. The van der Waals surface area contributed by atoms with Gasteiger partial charge >= 0.3 is 0 Å². The molecule has 2 N–H and O–H groups in total. The van der Waals surface area contributed by atoms with Gasteiger partial charge in [-0.15, -0.1) is 0 Å². The van der Waals surface area contributed by atoms with Gasteiger partial charge in [0.15, 0.2) is 9.84 Å². The molecule has 35 heavy (non-hydrogen) atoms. The van der Waals surface area contributed by atoms with E-state index in [0.717, 1.165) is 31.9 Å². The summed E-state index contributed by atoms with van der Waals surface area (Å²) < 4.78 is 37.9. The first-order valence-corrected chi connectivity index (χ1v) is 13.3. The van der Waals surface area contributed by atoms with E-state index in [-0.39, 0.29) is 10.5 Å². The number of nitrogens with zero attached hydrogens (tertiary/aromatic N) is 1. The Kier molecular flexibility index (Phi) is 6.12. The zero-order valence-electron chi connectivity index (χ0n) is 19.6. The second-order valence-electron chi connectivity index (χ2n) is 8.90. The second-order valence-corrected chi connectivity index (χ2v) is 10.9. The van der Waals surface area contributed by atoms with Crippen molar-refractivity contribution in [3.8, 4) is 22.6 Å². The van der Waals surface area contributed by atoms with Gasteiger partial charge in [0.05, 0.1) is 11.5 Å². The maximum atomic E-state index is 12.6. The van der Waals surface area contributed by atoms with Gasteiger partial charge in [0.2, 0.25) is 0 Å². The molecule has 0 spiro atoms. The summed E-state index contributed by atoms with van der Waals surface area (Å²) in [5.74, 6) is 1.59. The lowest BCUT2D eigenvalue weighted by molar-refractivity contribution is 0.187. The summed E-state index contributed by atoms with van der Waals surface area (Å²) in [6, 6.07) is 14.2. The van der Waals surface area contributed by atoms with E-state index < -0.39 is 9.84 Å². The number of rotatable bonds is 7. The van der Waals surface area contributed by atoms with Crippen LogP contribution >= 0.6 is 0 Å². The van der Waals surface area contributed by atoms with Crippen molar-refractivity contribution in [2.45, 2.75) is 11.3 Å². The van der Waals surface area contributed by atoms with Crippen molar-refractivity contribution >= 4 is 26.4 Å². The van der Waals surface area contributed by atoms with Crippen molar-refractivity contribution in [2.24, 2.45) is 13.0 Å². The van der Waals surface area contributed by atoms with Gasteiger partial charge in [0, 0.05) is 73.0 Å². The number of fused-ring (bicyclic) bond motifs is 1. The van der Waals surface area contributed by atoms with Crippen LogP contribution in [0.5, 0.6) is 11.5 Å². The summed E-state index contributed by atoms with van der Waals surface area (Å²) in [7, 11) is -1.79. The fourth-order valence-electron chi connectivity index (χ4n) is 4.33. The zero-order chi connectivity index (χ0) is 24.6. The molecular formula is C26H27N3O5S. The normalized spacial score (nSPS) is 16.0. The molecule has 2 aromatic carbocycles. The summed E-state index contributed by atoms with van der Waals surface area (Å²) in [6.07, 6.45) is 5.62. The predicted octanol–water partition coefficient (Wildman–Crippen LogP) is 4.18. The molecule has 1 unspecified atom stereocenters. The van der Waals surface area contributed by atoms with Gasteiger partial charge in [-0.1, -0.05) is 6.07 Å². The Bertz CT molecular complexity index is 1550. The van der Waals surface area contributed by atoms with Crippen LogP contribution in [0.2, 0.25) is 0 Å². The molecule has 182 valence electrons. The molecule has 1 fully saturated rings. The zero-order valence-corrected chi connectivity index (χ0v) is 20.4. The summed E-state index contributed by atoms with van der Waals surface area (Å²) in [5.41, 5.74) is 2.48. The van der Waals surface area contributed by atoms with Gasteiger partial charge in [-0.3, -0.25) is 4.79 Å². The number of aromatic amines is 1. The maximum absolute atomic E-state index is 12.6. The summed E-state index contributed by atoms with van der Waals surface area (Å²) in [5, 5.41) is 4.13. The first-order valence-electron chi connectivity index (χ1n) is 11.4. The van der Waals surface area contributed by atoms with E-state index in [1.165, 1.54) is 16.9 Å². The highest BCUT2D eigenvalue weighted by molar-refractivity contribution is 7.90. The monoisotopic (exact) mass is 493 g/mol. The van der Waals surface area contributed by atoms with E-state index >= 15 is 0 Å². The number of hydrogen-bond donors (Lipinski definition) is 2. The molecule has 0 amide bonds. The van der Waals surface area contributed by atoms with Crippen molar-refractivity contribution in [3.05, 3.63) is 71.3 Å². The Morgan fingerprint density at radius 1 is 1.17 bits per heavy atom. The van der Waals surface area contributed by atoms with Crippen molar-refractivity contribution < 1.29 is 17.9 Å². The number of nitrogens with one attached hydrogen (secondary N) is 2. The van der Waals surface area contributed by atoms with Crippen LogP contribution in [-0.2, 0) is 21.6 Å². The molecule has 3 heterocycles. The van der Waals surface area contributed by atoms with E-state index in [4.69, 9.17) is 9.47 Å². The third kappa shape index (κ3) is 4.82. The number of H-pyrrole nitrogens is 1. The quantitative estimate of drug-likeness (QED) is 0.401. The number of hydrogen-bond acceptors (Lipinski definition) is 6. The highest BCUT2D eigenvalue weighted by Gasteiger charge is 2.19. The molecule has 2 aromatic heterocycles. The van der Waals surface area contributed by atoms with Gasteiger partial charge in [0.25, 0.3) is 5.56 Å². The topological polar surface area (TPSA) is 102 Å². The molecular weight excluding hydrogens is 466 g/mol. The highest BCUT2D eigenvalue weighted by atomic mass is 32.2.